The van der Waals surface area contributed by atoms with Gasteiger partial charge in [0.05, 0.1) is 16.3 Å². The van der Waals surface area contributed by atoms with E-state index in [1.807, 2.05) is 4.90 Å². The molecular formula is C24H26FN3O3S. The van der Waals surface area contributed by atoms with E-state index < -0.39 is 10.0 Å². The molecule has 0 unspecified atom stereocenters. The summed E-state index contributed by atoms with van der Waals surface area (Å²) in [5.41, 5.74) is 3.79. The minimum Gasteiger partial charge on any atom is -0.367 e. The number of benzene rings is 2. The monoisotopic (exact) mass is 455 g/mol. The number of carbonyl (C=O) groups excluding carboxylic acids is 1. The summed E-state index contributed by atoms with van der Waals surface area (Å²) >= 11 is 0. The van der Waals surface area contributed by atoms with Crippen LogP contribution in [0.1, 0.15) is 31.2 Å². The molecule has 1 amide bonds. The van der Waals surface area contributed by atoms with Gasteiger partial charge >= 0.3 is 0 Å². The fourth-order valence-corrected chi connectivity index (χ4v) is 6.43. The highest BCUT2D eigenvalue weighted by molar-refractivity contribution is 7.89. The van der Waals surface area contributed by atoms with Crippen molar-refractivity contribution in [2.75, 3.05) is 43.0 Å². The van der Waals surface area contributed by atoms with Crippen LogP contribution >= 0.6 is 0 Å². The molecule has 32 heavy (non-hydrogen) atoms. The maximum Gasteiger partial charge on any atom is 0.258 e. The van der Waals surface area contributed by atoms with E-state index in [-0.39, 0.29) is 29.7 Å². The molecule has 1 saturated carbocycles. The van der Waals surface area contributed by atoms with Gasteiger partial charge < -0.3 is 9.80 Å². The highest BCUT2D eigenvalue weighted by Gasteiger charge is 2.35. The summed E-state index contributed by atoms with van der Waals surface area (Å²) in [4.78, 5) is 16.6. The minimum absolute atomic E-state index is 0.0510. The number of hydrogen-bond acceptors (Lipinski definition) is 4. The number of hydrogen-bond donors (Lipinski definition) is 0. The number of halogens is 1. The van der Waals surface area contributed by atoms with Crippen molar-refractivity contribution in [3.63, 3.8) is 0 Å². The van der Waals surface area contributed by atoms with Gasteiger partial charge in [-0.25, -0.2) is 12.8 Å². The van der Waals surface area contributed by atoms with Crippen LogP contribution in [0.4, 0.5) is 15.8 Å². The number of amides is 1. The van der Waals surface area contributed by atoms with Gasteiger partial charge in [0.2, 0.25) is 10.0 Å². The third-order valence-electron chi connectivity index (χ3n) is 6.75. The second-order valence-corrected chi connectivity index (χ2v) is 10.5. The zero-order valence-electron chi connectivity index (χ0n) is 18.1. The van der Waals surface area contributed by atoms with Crippen LogP contribution in [0.25, 0.3) is 5.57 Å². The maximum atomic E-state index is 14.1. The fraction of sp³-hybridized carbons (Fsp3) is 0.375. The van der Waals surface area contributed by atoms with Gasteiger partial charge in [0.1, 0.15) is 5.82 Å². The first-order valence-corrected chi connectivity index (χ1v) is 12.5. The molecule has 3 aliphatic rings. The van der Waals surface area contributed by atoms with Crippen molar-refractivity contribution >= 4 is 32.9 Å². The van der Waals surface area contributed by atoms with Crippen LogP contribution in [0.3, 0.4) is 0 Å². The second kappa shape index (κ2) is 8.01. The third kappa shape index (κ3) is 3.42. The van der Waals surface area contributed by atoms with Crippen molar-refractivity contribution in [3.05, 3.63) is 59.4 Å². The van der Waals surface area contributed by atoms with Crippen LogP contribution in [0, 0.1) is 5.82 Å². The molecule has 5 rings (SSSR count). The number of nitrogens with zero attached hydrogens (tertiary/aromatic N) is 3. The number of sulfonamides is 1. The average Bonchev–Trinajstić information content (AvgIpc) is 3.41. The summed E-state index contributed by atoms with van der Waals surface area (Å²) < 4.78 is 42.4. The summed E-state index contributed by atoms with van der Waals surface area (Å²) in [5, 5.41) is 0. The average molecular weight is 456 g/mol. The smallest absolute Gasteiger partial charge is 0.258 e. The van der Waals surface area contributed by atoms with Crippen LogP contribution in [0.5, 0.6) is 0 Å². The number of allylic oxidation sites excluding steroid dienone is 1. The molecule has 6 nitrogen and oxygen atoms in total. The number of likely N-dealkylation sites (N-methyl/N-ethyl adjacent to an activating group) is 1. The molecule has 1 aliphatic carbocycles. The Kier molecular flexibility index (Phi) is 5.29. The molecule has 0 atom stereocenters. The van der Waals surface area contributed by atoms with E-state index >= 15 is 0 Å². The molecule has 2 aromatic carbocycles. The number of piperazine rings is 1. The Morgan fingerprint density at radius 1 is 0.906 bits per heavy atom. The highest BCUT2D eigenvalue weighted by atomic mass is 32.2. The van der Waals surface area contributed by atoms with Gasteiger partial charge in [-0.15, -0.1) is 0 Å². The van der Waals surface area contributed by atoms with Crippen molar-refractivity contribution in [3.8, 4) is 0 Å². The highest BCUT2D eigenvalue weighted by Crippen LogP contribution is 2.43. The van der Waals surface area contributed by atoms with Gasteiger partial charge in [0, 0.05) is 44.4 Å². The van der Waals surface area contributed by atoms with Crippen molar-refractivity contribution in [1.82, 2.24) is 4.31 Å². The summed E-state index contributed by atoms with van der Waals surface area (Å²) in [7, 11) is -1.98. The van der Waals surface area contributed by atoms with Crippen LogP contribution in [0.15, 0.2) is 52.9 Å². The van der Waals surface area contributed by atoms with E-state index in [2.05, 4.69) is 0 Å². The van der Waals surface area contributed by atoms with Crippen LogP contribution < -0.4 is 9.80 Å². The molecule has 168 valence electrons. The van der Waals surface area contributed by atoms with Gasteiger partial charge in [-0.05, 0) is 56.0 Å². The Balaban J connectivity index is 1.42. The zero-order chi connectivity index (χ0) is 22.5. The fourth-order valence-electron chi connectivity index (χ4n) is 4.98. The first kappa shape index (κ1) is 21.2. The molecule has 0 bridgehead atoms. The largest absolute Gasteiger partial charge is 0.367 e. The molecule has 2 fully saturated rings. The van der Waals surface area contributed by atoms with E-state index in [0.717, 1.165) is 42.5 Å². The molecule has 0 N–H and O–H groups in total. The minimum atomic E-state index is -3.72. The van der Waals surface area contributed by atoms with Crippen molar-refractivity contribution in [2.24, 2.45) is 0 Å². The number of fused-ring (bicyclic) bond motifs is 1. The predicted molar refractivity (Wildman–Crippen MR) is 123 cm³/mol. The number of para-hydroxylation sites is 1. The second-order valence-electron chi connectivity index (χ2n) is 8.57. The van der Waals surface area contributed by atoms with E-state index in [0.29, 0.717) is 24.4 Å². The third-order valence-corrected chi connectivity index (χ3v) is 8.64. The molecule has 0 spiro atoms. The Hall–Kier alpha value is -2.71. The lowest BCUT2D eigenvalue weighted by molar-refractivity contribution is -0.112. The molecule has 8 heteroatoms. The quantitative estimate of drug-likeness (QED) is 0.663. The van der Waals surface area contributed by atoms with E-state index in [1.165, 1.54) is 10.4 Å². The molecular weight excluding hydrogens is 429 g/mol. The van der Waals surface area contributed by atoms with Crippen LogP contribution in [-0.4, -0.2) is 51.9 Å². The van der Waals surface area contributed by atoms with Crippen LogP contribution in [-0.2, 0) is 14.8 Å². The summed E-state index contributed by atoms with van der Waals surface area (Å²) in [6.07, 6.45) is 3.91. The number of carbonyl (C=O) groups is 1. The number of rotatable bonds is 3. The van der Waals surface area contributed by atoms with Gasteiger partial charge in [-0.3, -0.25) is 4.79 Å². The van der Waals surface area contributed by atoms with Gasteiger partial charge in [0.25, 0.3) is 5.91 Å². The van der Waals surface area contributed by atoms with E-state index in [9.17, 15) is 17.6 Å². The van der Waals surface area contributed by atoms with Crippen LogP contribution in [0.2, 0.25) is 0 Å². The first-order valence-electron chi connectivity index (χ1n) is 11.0. The molecule has 2 aromatic rings. The summed E-state index contributed by atoms with van der Waals surface area (Å²) in [5.74, 6) is -0.353. The molecule has 2 heterocycles. The molecule has 1 saturated heterocycles. The summed E-state index contributed by atoms with van der Waals surface area (Å²) in [6.45, 7) is 1.39. The SMILES string of the molecule is CN1C(=O)C(=C2CCCC2)c2cc(S(=O)(=O)N3CCN(c4ccccc4F)CC3)ccc21. The normalized spacial score (nSPS) is 19.8. The standard InChI is InChI=1S/C24H26FN3O3S/c1-26-21-11-10-18(16-19(21)23(24(26)29)17-6-2-3-7-17)32(30,31)28-14-12-27(13-15-28)22-9-5-4-8-20(22)25/h4-5,8-11,16H,2-3,6-7,12-15H2,1H3. The topological polar surface area (TPSA) is 60.9 Å². The van der Waals surface area contributed by atoms with Gasteiger partial charge in [-0.1, -0.05) is 17.7 Å². The van der Waals surface area contributed by atoms with E-state index in [4.69, 9.17) is 0 Å². The molecule has 0 radical (unpaired) electrons. The van der Waals surface area contributed by atoms with Gasteiger partial charge in [-0.2, -0.15) is 4.31 Å². The zero-order valence-corrected chi connectivity index (χ0v) is 18.9. The Labute approximate surface area is 188 Å². The molecule has 0 aromatic heterocycles. The van der Waals surface area contributed by atoms with Crippen molar-refractivity contribution in [2.45, 2.75) is 30.6 Å². The lowest BCUT2D eigenvalue weighted by Crippen LogP contribution is -2.48. The molecule has 2 aliphatic heterocycles. The Bertz CT molecular complexity index is 1210. The van der Waals surface area contributed by atoms with Gasteiger partial charge in [0.15, 0.2) is 0 Å². The van der Waals surface area contributed by atoms with Crippen molar-refractivity contribution in [1.29, 1.82) is 0 Å². The van der Waals surface area contributed by atoms with E-state index in [1.54, 1.807) is 48.3 Å². The summed E-state index contributed by atoms with van der Waals surface area (Å²) in [6, 6.07) is 11.5. The van der Waals surface area contributed by atoms with Crippen molar-refractivity contribution < 1.29 is 17.6 Å². The predicted octanol–water partition coefficient (Wildman–Crippen LogP) is 3.64. The first-order chi connectivity index (χ1) is 15.4. The number of anilines is 2. The Morgan fingerprint density at radius 2 is 1.59 bits per heavy atom. The lowest BCUT2D eigenvalue weighted by Gasteiger charge is -2.35. The lowest BCUT2D eigenvalue weighted by atomic mass is 10.00. The Morgan fingerprint density at radius 3 is 2.28 bits per heavy atom. The maximum absolute atomic E-state index is 14.1.